The summed E-state index contributed by atoms with van der Waals surface area (Å²) in [5.41, 5.74) is 4.65. The quantitative estimate of drug-likeness (QED) is 0.193. The van der Waals surface area contributed by atoms with Crippen molar-refractivity contribution in [3.8, 4) is 41.3 Å². The topological polar surface area (TPSA) is 134 Å². The van der Waals surface area contributed by atoms with E-state index >= 15 is 0 Å². The first-order valence-corrected chi connectivity index (χ1v) is 14.2. The van der Waals surface area contributed by atoms with Crippen LogP contribution in [0.15, 0.2) is 91.5 Å². The number of aliphatic hydroxyl groups is 4. The summed E-state index contributed by atoms with van der Waals surface area (Å²) >= 11 is 0. The van der Waals surface area contributed by atoms with Crippen LogP contribution in [-0.2, 0) is 9.47 Å². The molecule has 9 nitrogen and oxygen atoms in total. The minimum absolute atomic E-state index is 0.0326. The Balaban J connectivity index is 1.27. The van der Waals surface area contributed by atoms with Gasteiger partial charge in [0, 0.05) is 52.6 Å². The van der Waals surface area contributed by atoms with E-state index in [9.17, 15) is 20.4 Å². The summed E-state index contributed by atoms with van der Waals surface area (Å²) in [6.45, 7) is -0.366. The van der Waals surface area contributed by atoms with Gasteiger partial charge in [0.15, 0.2) is 6.29 Å². The molecule has 0 bridgehead atoms. The van der Waals surface area contributed by atoms with E-state index in [4.69, 9.17) is 14.2 Å². The summed E-state index contributed by atoms with van der Waals surface area (Å²) in [6, 6.07) is 20.3. The normalized spacial score (nSPS) is 20.4. The summed E-state index contributed by atoms with van der Waals surface area (Å²) in [7, 11) is 0. The fourth-order valence-corrected chi connectivity index (χ4v) is 4.34. The zero-order valence-corrected chi connectivity index (χ0v) is 24.1. The molecule has 4 N–H and O–H groups in total. The molecule has 5 atom stereocenters. The minimum atomic E-state index is -1.50. The lowest BCUT2D eigenvalue weighted by atomic mass is 9.99. The Labute approximate surface area is 261 Å². The average Bonchev–Trinajstić information content (AvgIpc) is 3.09. The first-order valence-electron chi connectivity index (χ1n) is 14.2. The highest BCUT2D eigenvalue weighted by Gasteiger charge is 2.43. The van der Waals surface area contributed by atoms with Crippen molar-refractivity contribution < 1.29 is 34.6 Å². The summed E-state index contributed by atoms with van der Waals surface area (Å²) in [6.07, 6.45) is 0.136. The Hall–Kier alpha value is -5.02. The van der Waals surface area contributed by atoms with Gasteiger partial charge in [-0.2, -0.15) is 0 Å². The van der Waals surface area contributed by atoms with Gasteiger partial charge in [-0.15, -0.1) is 0 Å². The molecular weight excluding hydrogens is 572 g/mol. The first-order chi connectivity index (χ1) is 22.0. The number of nitrogens with zero attached hydrogens (tertiary/aromatic N) is 2. The average molecular weight is 603 g/mol. The Morgan fingerprint density at radius 3 is 1.76 bits per heavy atom. The van der Waals surface area contributed by atoms with E-state index in [-0.39, 0.29) is 13.2 Å². The predicted molar refractivity (Wildman–Crippen MR) is 165 cm³/mol. The number of hydrogen-bond donors (Lipinski definition) is 4. The number of ether oxygens (including phenoxy) is 3. The van der Waals surface area contributed by atoms with E-state index in [1.165, 1.54) is 0 Å². The molecule has 226 valence electrons. The van der Waals surface area contributed by atoms with Crippen LogP contribution in [0.4, 0.5) is 0 Å². The zero-order chi connectivity index (χ0) is 31.4. The number of aliphatic hydroxyl groups excluding tert-OH is 4. The third-order valence-electron chi connectivity index (χ3n) is 6.78. The van der Waals surface area contributed by atoms with Crippen molar-refractivity contribution in [2.24, 2.45) is 0 Å². The number of hydrogen-bond acceptors (Lipinski definition) is 9. The summed E-state index contributed by atoms with van der Waals surface area (Å²) < 4.78 is 16.5. The molecule has 0 aliphatic carbocycles. The molecule has 1 aliphatic heterocycles. The number of aromatic nitrogens is 2. The van der Waals surface area contributed by atoms with Crippen molar-refractivity contribution in [2.45, 2.75) is 30.7 Å². The van der Waals surface area contributed by atoms with Gasteiger partial charge in [-0.25, -0.2) is 0 Å². The van der Waals surface area contributed by atoms with Gasteiger partial charge in [-0.1, -0.05) is 41.6 Å². The van der Waals surface area contributed by atoms with Crippen molar-refractivity contribution in [1.82, 2.24) is 9.97 Å². The minimum Gasteiger partial charge on any atom is -0.491 e. The van der Waals surface area contributed by atoms with E-state index in [0.717, 1.165) is 27.8 Å². The number of pyridine rings is 2. The van der Waals surface area contributed by atoms with Crippen LogP contribution in [0.2, 0.25) is 0 Å². The maximum Gasteiger partial charge on any atom is 0.186 e. The van der Waals surface area contributed by atoms with Crippen LogP contribution in [-0.4, -0.2) is 80.9 Å². The van der Waals surface area contributed by atoms with E-state index < -0.39 is 37.3 Å². The fourth-order valence-electron chi connectivity index (χ4n) is 4.34. The van der Waals surface area contributed by atoms with Gasteiger partial charge in [0.2, 0.25) is 0 Å². The summed E-state index contributed by atoms with van der Waals surface area (Å²) in [4.78, 5) is 8.08. The van der Waals surface area contributed by atoms with Crippen LogP contribution < -0.4 is 4.74 Å². The van der Waals surface area contributed by atoms with Crippen LogP contribution in [0.25, 0.3) is 0 Å². The van der Waals surface area contributed by atoms with Gasteiger partial charge in [0.25, 0.3) is 0 Å². The van der Waals surface area contributed by atoms with E-state index in [1.807, 2.05) is 54.6 Å². The van der Waals surface area contributed by atoms with Gasteiger partial charge in [0.1, 0.15) is 36.8 Å². The molecule has 1 saturated heterocycles. The molecule has 2 aromatic heterocycles. The lowest BCUT2D eigenvalue weighted by Crippen LogP contribution is -2.59. The van der Waals surface area contributed by atoms with Gasteiger partial charge in [-0.05, 0) is 60.7 Å². The van der Waals surface area contributed by atoms with Crippen molar-refractivity contribution in [3.63, 3.8) is 0 Å². The van der Waals surface area contributed by atoms with Crippen LogP contribution in [0, 0.1) is 35.5 Å². The van der Waals surface area contributed by atoms with E-state index in [2.05, 4.69) is 45.5 Å². The second-order valence-electron chi connectivity index (χ2n) is 9.89. The third-order valence-corrected chi connectivity index (χ3v) is 6.78. The Morgan fingerprint density at radius 1 is 0.622 bits per heavy atom. The molecule has 45 heavy (non-hydrogen) atoms. The van der Waals surface area contributed by atoms with Gasteiger partial charge in [0.05, 0.1) is 18.8 Å². The molecular formula is C36H30N2O7. The van der Waals surface area contributed by atoms with Gasteiger partial charge < -0.3 is 34.6 Å². The van der Waals surface area contributed by atoms with Crippen LogP contribution >= 0.6 is 0 Å². The maximum absolute atomic E-state index is 10.1. The second-order valence-corrected chi connectivity index (χ2v) is 9.89. The maximum atomic E-state index is 10.1. The monoisotopic (exact) mass is 602 g/mol. The number of benzene rings is 2. The Kier molecular flexibility index (Phi) is 10.9. The highest BCUT2D eigenvalue weighted by molar-refractivity contribution is 5.62. The fraction of sp³-hybridized carbons (Fsp3) is 0.222. The molecule has 1 aliphatic rings. The summed E-state index contributed by atoms with van der Waals surface area (Å²) in [5, 5.41) is 39.2. The molecule has 3 heterocycles. The molecule has 0 saturated carbocycles. The predicted octanol–water partition coefficient (Wildman–Crippen LogP) is 1.87. The summed E-state index contributed by atoms with van der Waals surface area (Å²) in [5.74, 6) is 19.8. The van der Waals surface area contributed by atoms with Crippen LogP contribution in [0.1, 0.15) is 33.4 Å². The highest BCUT2D eigenvalue weighted by atomic mass is 16.7. The standard InChI is InChI=1S/C36H30N2O7/c39-24-32-33(40)34(41)35(42)36(45-32)44-23-22-43-30-11-6-25(7-12-30)8-13-31-28(9-4-26-14-18-37-19-15-26)2-1-3-29(31)10-5-27-16-20-38-21-17-27/h1-3,6-7,11-12,14-21,32-36,39-42H,22-24H2/t32-,33-,34+,35-,36-/m1/s1. The molecule has 1 fully saturated rings. The molecule has 9 heteroatoms. The molecule has 0 spiro atoms. The Morgan fingerprint density at radius 2 is 1.18 bits per heavy atom. The lowest BCUT2D eigenvalue weighted by Gasteiger charge is -2.39. The Bertz CT molecular complexity index is 1670. The largest absolute Gasteiger partial charge is 0.491 e. The molecule has 5 rings (SSSR count). The SMILES string of the molecule is OC[C@H]1O[C@@H](OCCOc2ccc(C#Cc3c(C#Cc4ccncc4)cccc3C#Cc3ccncc3)cc2)[C@H](O)[C@@H](O)[C@@H]1O. The highest BCUT2D eigenvalue weighted by Crippen LogP contribution is 2.22. The first kappa shape index (κ1) is 31.4. The van der Waals surface area contributed by atoms with E-state index in [0.29, 0.717) is 11.3 Å². The van der Waals surface area contributed by atoms with Gasteiger partial charge in [-0.3, -0.25) is 9.97 Å². The van der Waals surface area contributed by atoms with Crippen molar-refractivity contribution in [2.75, 3.05) is 19.8 Å². The number of rotatable bonds is 6. The van der Waals surface area contributed by atoms with E-state index in [1.54, 1.807) is 36.9 Å². The van der Waals surface area contributed by atoms with Crippen LogP contribution in [0.3, 0.4) is 0 Å². The molecule has 0 unspecified atom stereocenters. The third kappa shape index (κ3) is 8.55. The van der Waals surface area contributed by atoms with Gasteiger partial charge >= 0.3 is 0 Å². The molecule has 0 radical (unpaired) electrons. The molecule has 0 amide bonds. The second kappa shape index (κ2) is 15.6. The molecule has 4 aromatic rings. The zero-order valence-electron chi connectivity index (χ0n) is 24.1. The van der Waals surface area contributed by atoms with Crippen molar-refractivity contribution >= 4 is 0 Å². The van der Waals surface area contributed by atoms with Crippen LogP contribution in [0.5, 0.6) is 5.75 Å². The van der Waals surface area contributed by atoms with Crippen molar-refractivity contribution in [1.29, 1.82) is 0 Å². The smallest absolute Gasteiger partial charge is 0.186 e. The molecule has 2 aromatic carbocycles. The lowest BCUT2D eigenvalue weighted by molar-refractivity contribution is -0.301. The van der Waals surface area contributed by atoms with Crippen molar-refractivity contribution in [3.05, 3.63) is 125 Å².